The van der Waals surface area contributed by atoms with Gasteiger partial charge in [0.2, 0.25) is 0 Å². The van der Waals surface area contributed by atoms with Crippen LogP contribution in [0.3, 0.4) is 0 Å². The minimum atomic E-state index is 0.170. The van der Waals surface area contributed by atoms with Crippen molar-refractivity contribution in [3.05, 3.63) is 42.0 Å². The van der Waals surface area contributed by atoms with Gasteiger partial charge < -0.3 is 14.8 Å². The molecule has 106 valence electrons. The lowest BCUT2D eigenvalue weighted by Gasteiger charge is -2.21. The van der Waals surface area contributed by atoms with Crippen molar-refractivity contribution in [3.63, 3.8) is 0 Å². The van der Waals surface area contributed by atoms with E-state index < -0.39 is 0 Å². The number of ether oxygens (including phenoxy) is 2. The molecular formula is C17H21NO2. The van der Waals surface area contributed by atoms with E-state index in [1.54, 1.807) is 0 Å². The molecule has 1 saturated heterocycles. The summed E-state index contributed by atoms with van der Waals surface area (Å²) in [5, 5.41) is 5.70. The van der Waals surface area contributed by atoms with E-state index in [4.69, 9.17) is 9.47 Å². The van der Waals surface area contributed by atoms with E-state index in [1.807, 2.05) is 7.05 Å². The topological polar surface area (TPSA) is 30.5 Å². The first-order chi connectivity index (χ1) is 9.79. The van der Waals surface area contributed by atoms with Gasteiger partial charge in [-0.2, -0.15) is 0 Å². The van der Waals surface area contributed by atoms with Gasteiger partial charge in [0.1, 0.15) is 11.9 Å². The minimum absolute atomic E-state index is 0.170. The minimum Gasteiger partial charge on any atom is -0.487 e. The molecule has 2 aromatic carbocycles. The Bertz CT molecular complexity index is 591. The molecule has 0 saturated carbocycles. The van der Waals surface area contributed by atoms with Crippen LogP contribution in [0.4, 0.5) is 0 Å². The number of benzene rings is 2. The molecule has 1 N–H and O–H groups in total. The van der Waals surface area contributed by atoms with Crippen molar-refractivity contribution < 1.29 is 9.47 Å². The van der Waals surface area contributed by atoms with E-state index >= 15 is 0 Å². The van der Waals surface area contributed by atoms with Crippen molar-refractivity contribution in [1.29, 1.82) is 0 Å². The standard InChI is InChI=1S/C17H21NO2/c1-12(18-2)15-8-7-13-5-3-4-6-16(13)17(15)20-14-9-10-19-11-14/h3-8,12,14,18H,9-11H2,1-2H3. The summed E-state index contributed by atoms with van der Waals surface area (Å²) in [4.78, 5) is 0. The first-order valence-electron chi connectivity index (χ1n) is 7.23. The highest BCUT2D eigenvalue weighted by molar-refractivity contribution is 5.89. The normalized spacial score (nSPS) is 20.2. The molecule has 2 unspecified atom stereocenters. The van der Waals surface area contributed by atoms with Gasteiger partial charge in [0, 0.05) is 23.4 Å². The zero-order valence-electron chi connectivity index (χ0n) is 12.1. The molecule has 0 spiro atoms. The molecule has 0 radical (unpaired) electrons. The van der Waals surface area contributed by atoms with E-state index in [1.165, 1.54) is 16.3 Å². The maximum atomic E-state index is 6.28. The monoisotopic (exact) mass is 271 g/mol. The second-order valence-electron chi connectivity index (χ2n) is 5.32. The number of fused-ring (bicyclic) bond motifs is 1. The lowest BCUT2D eigenvalue weighted by Crippen LogP contribution is -2.19. The Hall–Kier alpha value is -1.58. The summed E-state index contributed by atoms with van der Waals surface area (Å²) in [5.74, 6) is 1.00. The van der Waals surface area contributed by atoms with Gasteiger partial charge in [0.15, 0.2) is 0 Å². The second kappa shape index (κ2) is 5.81. The van der Waals surface area contributed by atoms with Crippen LogP contribution in [0, 0.1) is 0 Å². The summed E-state index contributed by atoms with van der Waals surface area (Å²) in [5.41, 5.74) is 1.21. The quantitative estimate of drug-likeness (QED) is 0.925. The van der Waals surface area contributed by atoms with Gasteiger partial charge in [-0.05, 0) is 19.4 Å². The average molecular weight is 271 g/mol. The Labute approximate surface area is 119 Å². The molecule has 20 heavy (non-hydrogen) atoms. The largest absolute Gasteiger partial charge is 0.487 e. The molecule has 3 rings (SSSR count). The summed E-state index contributed by atoms with van der Waals surface area (Å²) in [6.07, 6.45) is 1.14. The summed E-state index contributed by atoms with van der Waals surface area (Å²) in [6, 6.07) is 13.0. The van der Waals surface area contributed by atoms with Crippen molar-refractivity contribution >= 4 is 10.8 Å². The Morgan fingerprint density at radius 3 is 2.85 bits per heavy atom. The molecular weight excluding hydrogens is 250 g/mol. The van der Waals surface area contributed by atoms with Crippen LogP contribution in [-0.4, -0.2) is 26.4 Å². The number of hydrogen-bond acceptors (Lipinski definition) is 3. The Morgan fingerprint density at radius 1 is 1.25 bits per heavy atom. The molecule has 0 amide bonds. The summed E-state index contributed by atoms with van der Waals surface area (Å²) >= 11 is 0. The van der Waals surface area contributed by atoms with Crippen LogP contribution in [0.2, 0.25) is 0 Å². The van der Waals surface area contributed by atoms with Crippen LogP contribution in [0.5, 0.6) is 5.75 Å². The third kappa shape index (κ3) is 2.51. The highest BCUT2D eigenvalue weighted by atomic mass is 16.5. The highest BCUT2D eigenvalue weighted by Gasteiger charge is 2.21. The van der Waals surface area contributed by atoms with E-state index in [0.29, 0.717) is 6.61 Å². The van der Waals surface area contributed by atoms with Crippen LogP contribution in [0.1, 0.15) is 24.9 Å². The zero-order valence-corrected chi connectivity index (χ0v) is 12.1. The fourth-order valence-corrected chi connectivity index (χ4v) is 2.66. The molecule has 3 nitrogen and oxygen atoms in total. The molecule has 1 aliphatic heterocycles. The van der Waals surface area contributed by atoms with Crippen molar-refractivity contribution in [2.45, 2.75) is 25.5 Å². The maximum Gasteiger partial charge on any atom is 0.132 e. The highest BCUT2D eigenvalue weighted by Crippen LogP contribution is 2.35. The van der Waals surface area contributed by atoms with E-state index in [0.717, 1.165) is 18.8 Å². The predicted octanol–water partition coefficient (Wildman–Crippen LogP) is 3.29. The molecule has 0 aliphatic carbocycles. The first-order valence-corrected chi connectivity index (χ1v) is 7.23. The van der Waals surface area contributed by atoms with Crippen LogP contribution >= 0.6 is 0 Å². The first kappa shape index (κ1) is 13.4. The molecule has 1 fully saturated rings. The van der Waals surface area contributed by atoms with Crippen molar-refractivity contribution in [2.24, 2.45) is 0 Å². The van der Waals surface area contributed by atoms with Gasteiger partial charge in [-0.15, -0.1) is 0 Å². The van der Waals surface area contributed by atoms with Gasteiger partial charge >= 0.3 is 0 Å². The Kier molecular flexibility index (Phi) is 3.90. The fourth-order valence-electron chi connectivity index (χ4n) is 2.66. The Balaban J connectivity index is 2.07. The third-order valence-electron chi connectivity index (χ3n) is 3.98. The van der Waals surface area contributed by atoms with Crippen molar-refractivity contribution in [1.82, 2.24) is 5.32 Å². The molecule has 1 heterocycles. The summed E-state index contributed by atoms with van der Waals surface area (Å²) < 4.78 is 11.7. The van der Waals surface area contributed by atoms with Crippen LogP contribution in [0.15, 0.2) is 36.4 Å². The molecule has 0 bridgehead atoms. The van der Waals surface area contributed by atoms with Crippen LogP contribution in [-0.2, 0) is 4.74 Å². The van der Waals surface area contributed by atoms with Gasteiger partial charge in [0.05, 0.1) is 13.2 Å². The molecule has 2 atom stereocenters. The number of hydrogen-bond donors (Lipinski definition) is 1. The SMILES string of the molecule is CNC(C)c1ccc2ccccc2c1OC1CCOC1. The molecule has 0 aromatic heterocycles. The van der Waals surface area contributed by atoms with E-state index in [2.05, 4.69) is 48.6 Å². The zero-order chi connectivity index (χ0) is 13.9. The van der Waals surface area contributed by atoms with Crippen molar-refractivity contribution in [2.75, 3.05) is 20.3 Å². The van der Waals surface area contributed by atoms with Gasteiger partial charge in [-0.3, -0.25) is 0 Å². The van der Waals surface area contributed by atoms with Crippen LogP contribution in [0.25, 0.3) is 10.8 Å². The smallest absolute Gasteiger partial charge is 0.132 e. The lowest BCUT2D eigenvalue weighted by atomic mass is 10.0. The maximum absolute atomic E-state index is 6.28. The van der Waals surface area contributed by atoms with E-state index in [-0.39, 0.29) is 12.1 Å². The number of rotatable bonds is 4. The van der Waals surface area contributed by atoms with E-state index in [9.17, 15) is 0 Å². The van der Waals surface area contributed by atoms with Crippen molar-refractivity contribution in [3.8, 4) is 5.75 Å². The predicted molar refractivity (Wildman–Crippen MR) is 81.3 cm³/mol. The summed E-state index contributed by atoms with van der Waals surface area (Å²) in [7, 11) is 1.97. The van der Waals surface area contributed by atoms with Gasteiger partial charge in [-0.1, -0.05) is 36.4 Å². The molecule has 2 aromatic rings. The molecule has 3 heteroatoms. The number of nitrogens with one attached hydrogen (secondary N) is 1. The van der Waals surface area contributed by atoms with Gasteiger partial charge in [-0.25, -0.2) is 0 Å². The second-order valence-corrected chi connectivity index (χ2v) is 5.32. The average Bonchev–Trinajstić information content (AvgIpc) is 3.00. The van der Waals surface area contributed by atoms with Crippen LogP contribution < -0.4 is 10.1 Å². The summed E-state index contributed by atoms with van der Waals surface area (Å²) in [6.45, 7) is 3.64. The fraction of sp³-hybridized carbons (Fsp3) is 0.412. The molecule has 1 aliphatic rings. The van der Waals surface area contributed by atoms with Gasteiger partial charge in [0.25, 0.3) is 0 Å². The third-order valence-corrected chi connectivity index (χ3v) is 3.98. The lowest BCUT2D eigenvalue weighted by molar-refractivity contribution is 0.141. The Morgan fingerprint density at radius 2 is 2.10 bits per heavy atom.